The average Bonchev–Trinajstić information content (AvgIpc) is 3.15. The second kappa shape index (κ2) is 17.3. The molecule has 6 aromatic carbocycles. The predicted molar refractivity (Wildman–Crippen MR) is 243 cm³/mol. The van der Waals surface area contributed by atoms with Crippen LogP contribution in [0.4, 0.5) is 0 Å². The van der Waals surface area contributed by atoms with Gasteiger partial charge in [-0.05, 0) is 124 Å². The van der Waals surface area contributed by atoms with E-state index >= 15 is 0 Å². The van der Waals surface area contributed by atoms with Crippen LogP contribution in [0.1, 0.15) is 124 Å². The maximum Gasteiger partial charge on any atom is 0.853 e. The summed E-state index contributed by atoms with van der Waals surface area (Å²) in [7, 11) is 0. The normalized spacial score (nSPS) is 11.6. The molecule has 0 heterocycles. The van der Waals surface area contributed by atoms with Gasteiger partial charge in [-0.3, -0.25) is 0 Å². The minimum atomic E-state index is -2.51. The zero-order valence-corrected chi connectivity index (χ0v) is 37.3. The lowest BCUT2D eigenvalue weighted by Gasteiger charge is -2.29. The van der Waals surface area contributed by atoms with E-state index in [4.69, 9.17) is 7.58 Å². The van der Waals surface area contributed by atoms with Gasteiger partial charge in [0.05, 0.1) is 11.5 Å². The van der Waals surface area contributed by atoms with Crippen molar-refractivity contribution in [3.05, 3.63) is 154 Å². The fourth-order valence-electron chi connectivity index (χ4n) is 8.75. The molecule has 0 aliphatic rings. The molecule has 0 bridgehead atoms. The van der Waals surface area contributed by atoms with Crippen molar-refractivity contribution in [1.82, 2.24) is 0 Å². The van der Waals surface area contributed by atoms with Gasteiger partial charge >= 0.3 is 14.8 Å². The Balaban J connectivity index is 1.65. The highest BCUT2D eigenvalue weighted by Crippen LogP contribution is 2.50. The maximum atomic E-state index is 7.55. The highest BCUT2D eigenvalue weighted by atomic mass is 27.2. The van der Waals surface area contributed by atoms with Crippen LogP contribution in [0.3, 0.4) is 0 Å². The van der Waals surface area contributed by atoms with E-state index in [1.54, 1.807) is 0 Å². The van der Waals surface area contributed by atoms with Gasteiger partial charge in [0.25, 0.3) is 0 Å². The molecule has 6 rings (SSSR count). The summed E-state index contributed by atoms with van der Waals surface area (Å²) in [6, 6.07) is 40.2. The van der Waals surface area contributed by atoms with E-state index in [0.717, 1.165) is 33.8 Å². The Kier molecular flexibility index (Phi) is 12.7. The Hall–Kier alpha value is -4.55. The monoisotopic (exact) mass is 756 g/mol. The van der Waals surface area contributed by atoms with E-state index in [2.05, 4.69) is 198 Å². The molecule has 0 amide bonds. The van der Waals surface area contributed by atoms with Gasteiger partial charge in [-0.2, -0.15) is 0 Å². The van der Waals surface area contributed by atoms with Crippen LogP contribution in [-0.2, 0) is 0 Å². The number of aryl methyl sites for hydroxylation is 4. The van der Waals surface area contributed by atoms with Crippen molar-refractivity contribution < 1.29 is 7.58 Å². The van der Waals surface area contributed by atoms with Gasteiger partial charge in [0, 0.05) is 22.3 Å². The van der Waals surface area contributed by atoms with E-state index in [1.165, 1.54) is 66.8 Å². The Bertz CT molecular complexity index is 2030. The number of hydrogen-bond donors (Lipinski definition) is 0. The molecule has 0 spiro atoms. The van der Waals surface area contributed by atoms with E-state index in [-0.39, 0.29) is 0 Å². The molecule has 0 saturated heterocycles. The Morgan fingerprint density at radius 2 is 0.571 bits per heavy atom. The molecular formula is C53H61AlO2. The van der Waals surface area contributed by atoms with Gasteiger partial charge in [0.15, 0.2) is 0 Å². The molecule has 6 aromatic rings. The minimum absolute atomic E-state index is 0.347. The van der Waals surface area contributed by atoms with Gasteiger partial charge in [0.1, 0.15) is 0 Å². The molecule has 3 heteroatoms. The molecule has 0 atom stereocenters. The molecule has 0 N–H and O–H groups in total. The summed E-state index contributed by atoms with van der Waals surface area (Å²) in [5.41, 5.74) is 19.7. The minimum Gasteiger partial charge on any atom is -0.611 e. The van der Waals surface area contributed by atoms with Gasteiger partial charge in [-0.15, -0.1) is 0 Å². The van der Waals surface area contributed by atoms with Crippen LogP contribution >= 0.6 is 0 Å². The molecule has 0 unspecified atom stereocenters. The molecule has 0 aliphatic heterocycles. The second-order valence-corrected chi connectivity index (χ2v) is 18.6. The van der Waals surface area contributed by atoms with Gasteiger partial charge < -0.3 is 7.58 Å². The first-order valence-corrected chi connectivity index (χ1v) is 22.8. The third-order valence-electron chi connectivity index (χ3n) is 11.3. The summed E-state index contributed by atoms with van der Waals surface area (Å²) in [6.07, 6.45) is 0. The van der Waals surface area contributed by atoms with Crippen molar-refractivity contribution >= 4 is 14.8 Å². The standard InChI is InChI=1S/2C26H30O.CH3.Al/c2*1-16(2)20-11-7-9-13-22(20)24-18(5)15-19(6)25(26(24)27)23-14-10-8-12-21(23)17(3)4;;/h2*7-17,27H,1-6H3;1H3;/q;;;+2/p-2. The molecule has 0 aromatic heterocycles. The Morgan fingerprint density at radius 3 is 0.786 bits per heavy atom. The quantitative estimate of drug-likeness (QED) is 0.116. The third-order valence-corrected chi connectivity index (χ3v) is 12.5. The van der Waals surface area contributed by atoms with E-state index < -0.39 is 14.8 Å². The zero-order chi connectivity index (χ0) is 40.4. The number of rotatable bonds is 12. The van der Waals surface area contributed by atoms with Crippen molar-refractivity contribution in [2.75, 3.05) is 0 Å². The molecule has 56 heavy (non-hydrogen) atoms. The molecule has 0 aliphatic carbocycles. The SMILES string of the molecule is Cc1cc(C)c(-c2ccccc2C(C)C)c([O][Al]([CH3])[O]c2c(-c3ccccc3C(C)C)c(C)cc(C)c2-c2ccccc2C(C)C)c1-c1ccccc1C(C)C. The molecular weight excluding hydrogens is 696 g/mol. The molecule has 0 radical (unpaired) electrons. The van der Waals surface area contributed by atoms with Crippen LogP contribution in [-0.4, -0.2) is 14.8 Å². The summed E-state index contributed by atoms with van der Waals surface area (Å²) in [6.45, 7) is 27.2. The van der Waals surface area contributed by atoms with Crippen molar-refractivity contribution in [2.45, 2.75) is 113 Å². The van der Waals surface area contributed by atoms with Crippen LogP contribution in [0.5, 0.6) is 11.5 Å². The Morgan fingerprint density at radius 1 is 0.357 bits per heavy atom. The lowest BCUT2D eigenvalue weighted by atomic mass is 9.84. The summed E-state index contributed by atoms with van der Waals surface area (Å²) in [4.78, 5) is 0. The topological polar surface area (TPSA) is 18.5 Å². The van der Waals surface area contributed by atoms with Crippen LogP contribution < -0.4 is 7.58 Å². The lowest BCUT2D eigenvalue weighted by molar-refractivity contribution is 0.434. The summed E-state index contributed by atoms with van der Waals surface area (Å²) in [5, 5.41) is 0. The van der Waals surface area contributed by atoms with Crippen molar-refractivity contribution in [3.63, 3.8) is 0 Å². The van der Waals surface area contributed by atoms with E-state index in [9.17, 15) is 0 Å². The fraction of sp³-hybridized carbons (Fsp3) is 0.321. The van der Waals surface area contributed by atoms with Gasteiger partial charge in [-0.25, -0.2) is 0 Å². The first-order chi connectivity index (χ1) is 26.7. The molecule has 2 nitrogen and oxygen atoms in total. The van der Waals surface area contributed by atoms with Gasteiger partial charge in [-0.1, -0.05) is 165 Å². The van der Waals surface area contributed by atoms with Crippen molar-refractivity contribution in [3.8, 4) is 56.0 Å². The summed E-state index contributed by atoms with van der Waals surface area (Å²) in [5.74, 6) is 5.46. The average molecular weight is 757 g/mol. The summed E-state index contributed by atoms with van der Waals surface area (Å²) < 4.78 is 15.1. The van der Waals surface area contributed by atoms with Crippen molar-refractivity contribution in [1.29, 1.82) is 0 Å². The van der Waals surface area contributed by atoms with Crippen LogP contribution in [0.25, 0.3) is 44.5 Å². The molecule has 0 saturated carbocycles. The first-order valence-electron chi connectivity index (χ1n) is 20.7. The van der Waals surface area contributed by atoms with Gasteiger partial charge in [0.2, 0.25) is 0 Å². The highest BCUT2D eigenvalue weighted by molar-refractivity contribution is 6.45. The predicted octanol–water partition coefficient (Wildman–Crippen LogP) is 15.7. The zero-order valence-electron chi connectivity index (χ0n) is 36.1. The summed E-state index contributed by atoms with van der Waals surface area (Å²) >= 11 is -2.51. The highest BCUT2D eigenvalue weighted by Gasteiger charge is 2.34. The largest absolute Gasteiger partial charge is 0.853 e. The van der Waals surface area contributed by atoms with E-state index in [1.807, 2.05) is 0 Å². The fourth-order valence-corrected chi connectivity index (χ4v) is 9.93. The molecule has 0 fully saturated rings. The number of hydrogen-bond acceptors (Lipinski definition) is 2. The second-order valence-electron chi connectivity index (χ2n) is 17.0. The Labute approximate surface area is 343 Å². The first kappa shape index (κ1) is 41.1. The lowest BCUT2D eigenvalue weighted by Crippen LogP contribution is -2.27. The smallest absolute Gasteiger partial charge is 0.611 e. The van der Waals surface area contributed by atoms with E-state index in [0.29, 0.717) is 23.7 Å². The van der Waals surface area contributed by atoms with Crippen molar-refractivity contribution in [2.24, 2.45) is 0 Å². The third kappa shape index (κ3) is 8.14. The van der Waals surface area contributed by atoms with Crippen LogP contribution in [0.15, 0.2) is 109 Å². The van der Waals surface area contributed by atoms with Crippen LogP contribution in [0, 0.1) is 27.7 Å². The van der Waals surface area contributed by atoms with Crippen LogP contribution in [0.2, 0.25) is 5.79 Å². The maximum absolute atomic E-state index is 7.55. The number of benzene rings is 6. The molecule has 288 valence electrons.